The summed E-state index contributed by atoms with van der Waals surface area (Å²) in [6, 6.07) is 9.42. The molecule has 2 aromatic heterocycles. The van der Waals surface area contributed by atoms with E-state index < -0.39 is 18.1 Å². The number of benzene rings is 1. The number of methoxy groups -OCH3 is 2. The fraction of sp³-hybridized carbons (Fsp3) is 0.409. The molecule has 35 heavy (non-hydrogen) atoms. The Balaban J connectivity index is 2.30. The molecule has 0 radical (unpaired) electrons. The predicted molar refractivity (Wildman–Crippen MR) is 143 cm³/mol. The first-order valence-corrected chi connectivity index (χ1v) is 16.7. The van der Waals surface area contributed by atoms with E-state index in [1.807, 2.05) is 0 Å². The quantitative estimate of drug-likeness (QED) is 0.272. The lowest BCUT2D eigenvalue weighted by Crippen LogP contribution is -2.39. The summed E-state index contributed by atoms with van der Waals surface area (Å²) in [6.45, 7) is 6.75. The molecule has 0 unspecified atom stereocenters. The number of aromatic nitrogens is 3. The van der Waals surface area contributed by atoms with Crippen molar-refractivity contribution in [3.05, 3.63) is 36.6 Å². The fourth-order valence-electron chi connectivity index (χ4n) is 3.40. The van der Waals surface area contributed by atoms with Gasteiger partial charge in [-0.05, 0) is 24.3 Å². The van der Waals surface area contributed by atoms with Gasteiger partial charge < -0.3 is 19.6 Å². The summed E-state index contributed by atoms with van der Waals surface area (Å²) in [7, 11) is -2.45. The number of nitrogens with two attached hydrogens (primary N) is 1. The minimum absolute atomic E-state index is 0.0538. The number of rotatable bonds is 12. The van der Waals surface area contributed by atoms with Gasteiger partial charge in [0.1, 0.15) is 17.2 Å². The third-order valence-corrected chi connectivity index (χ3v) is 8.91. The number of hydrogen-bond acceptors (Lipinski definition) is 8. The SMILES string of the molecule is COc1cccc(OC)c1-n1c(-c2ccco2)nnc1N(CC[Si-](C)(C)C)S(=O)(=O)CCC(N)=S. The fourth-order valence-corrected chi connectivity index (χ4v) is 6.12. The lowest BCUT2D eigenvalue weighted by atomic mass is 10.2. The maximum absolute atomic E-state index is 13.6. The first kappa shape index (κ1) is 26.7. The molecular formula is C22H31N5O5S2Si-. The molecular weight excluding hydrogens is 506 g/mol. The van der Waals surface area contributed by atoms with Crippen molar-refractivity contribution in [1.82, 2.24) is 14.8 Å². The molecule has 0 saturated heterocycles. The maximum atomic E-state index is 13.6. The van der Waals surface area contributed by atoms with Gasteiger partial charge in [0.05, 0.1) is 31.2 Å². The number of ether oxygens (including phenoxy) is 2. The number of nitrogens with zero attached hydrogens (tertiary/aromatic N) is 4. The van der Waals surface area contributed by atoms with Crippen LogP contribution >= 0.6 is 12.2 Å². The first-order chi connectivity index (χ1) is 16.5. The average Bonchev–Trinajstić information content (AvgIpc) is 3.46. The molecule has 10 nitrogen and oxygen atoms in total. The molecule has 0 saturated carbocycles. The van der Waals surface area contributed by atoms with Crippen LogP contribution in [0.15, 0.2) is 41.0 Å². The minimum atomic E-state index is -3.87. The topological polar surface area (TPSA) is 126 Å². The number of furan rings is 1. The van der Waals surface area contributed by atoms with E-state index >= 15 is 0 Å². The van der Waals surface area contributed by atoms with E-state index in [0.717, 1.165) is 0 Å². The Morgan fingerprint density at radius 2 is 1.80 bits per heavy atom. The van der Waals surface area contributed by atoms with Crippen molar-refractivity contribution in [2.24, 2.45) is 5.73 Å². The molecule has 2 heterocycles. The van der Waals surface area contributed by atoms with Gasteiger partial charge in [0, 0.05) is 13.0 Å². The molecule has 1 aromatic carbocycles. The van der Waals surface area contributed by atoms with E-state index in [2.05, 4.69) is 29.8 Å². The largest absolute Gasteiger partial charge is 0.494 e. The zero-order valence-electron chi connectivity index (χ0n) is 20.5. The van der Waals surface area contributed by atoms with Crippen molar-refractivity contribution in [1.29, 1.82) is 0 Å². The second-order valence-electron chi connectivity index (χ2n) is 9.06. The molecule has 0 atom stereocenters. The lowest BCUT2D eigenvalue weighted by molar-refractivity contribution is 0.391. The van der Waals surface area contributed by atoms with Gasteiger partial charge in [0.25, 0.3) is 0 Å². The van der Waals surface area contributed by atoms with Crippen molar-refractivity contribution in [3.63, 3.8) is 0 Å². The van der Waals surface area contributed by atoms with E-state index in [-0.39, 0.29) is 29.7 Å². The second kappa shape index (κ2) is 10.8. The summed E-state index contributed by atoms with van der Waals surface area (Å²) in [4.78, 5) is 0.128. The van der Waals surface area contributed by atoms with Crippen molar-refractivity contribution in [3.8, 4) is 28.8 Å². The Kier molecular flexibility index (Phi) is 8.23. The van der Waals surface area contributed by atoms with Gasteiger partial charge >= 0.3 is 0 Å². The smallest absolute Gasteiger partial charge is 0.246 e. The molecule has 0 aliphatic rings. The van der Waals surface area contributed by atoms with Gasteiger partial charge in [0.15, 0.2) is 5.76 Å². The summed E-state index contributed by atoms with van der Waals surface area (Å²) in [5.74, 6) is 1.45. The van der Waals surface area contributed by atoms with Crippen molar-refractivity contribution in [2.75, 3.05) is 30.8 Å². The Bertz CT molecular complexity index is 1250. The normalized spacial score (nSPS) is 11.9. The number of para-hydroxylation sites is 1. The lowest BCUT2D eigenvalue weighted by Gasteiger charge is -2.32. The van der Waals surface area contributed by atoms with Gasteiger partial charge in [-0.2, -0.15) is 19.6 Å². The molecule has 0 fully saturated rings. The van der Waals surface area contributed by atoms with Crippen molar-refractivity contribution in [2.45, 2.75) is 32.1 Å². The summed E-state index contributed by atoms with van der Waals surface area (Å²) in [6.07, 6.45) is 1.56. The van der Waals surface area contributed by atoms with Crippen LogP contribution in [-0.2, 0) is 10.0 Å². The van der Waals surface area contributed by atoms with Crippen LogP contribution in [0.2, 0.25) is 25.7 Å². The molecule has 0 aliphatic heterocycles. The van der Waals surface area contributed by atoms with E-state index in [0.29, 0.717) is 34.8 Å². The van der Waals surface area contributed by atoms with Gasteiger partial charge in [-0.15, -0.1) is 24.3 Å². The predicted octanol–water partition coefficient (Wildman–Crippen LogP) is 3.70. The van der Waals surface area contributed by atoms with Crippen LogP contribution in [-0.4, -0.2) is 62.8 Å². The molecule has 191 valence electrons. The second-order valence-corrected chi connectivity index (χ2v) is 17.2. The standard InChI is InChI=1S/C22H31N5O5S2Si/c1-30-16-8-6-9-17(31-2)20(16)27-21(18-10-7-13-32-18)24-25-22(27)26(12-15-35(3,4)5)34(28,29)14-11-19(23)33/h6-10,13H,11-12,14-15H2,1-5H3,(H2,23,33)/q-1. The Morgan fingerprint density at radius 3 is 2.31 bits per heavy atom. The van der Waals surface area contributed by atoms with E-state index in [4.69, 9.17) is 31.8 Å². The third-order valence-electron chi connectivity index (χ3n) is 5.24. The van der Waals surface area contributed by atoms with E-state index in [1.165, 1.54) is 24.8 Å². The Hall–Kier alpha value is -2.90. The molecule has 0 aliphatic carbocycles. The zero-order chi connectivity index (χ0) is 25.8. The summed E-state index contributed by atoms with van der Waals surface area (Å²) in [5.41, 5.74) is 6.07. The Morgan fingerprint density at radius 1 is 1.14 bits per heavy atom. The molecule has 0 bridgehead atoms. The molecule has 0 spiro atoms. The average molecular weight is 538 g/mol. The molecule has 0 amide bonds. The van der Waals surface area contributed by atoms with E-state index in [1.54, 1.807) is 34.9 Å². The Labute approximate surface area is 212 Å². The first-order valence-electron chi connectivity index (χ1n) is 11.0. The summed E-state index contributed by atoms with van der Waals surface area (Å²) in [5, 5.41) is 8.66. The summed E-state index contributed by atoms with van der Waals surface area (Å²) < 4.78 is 46.9. The third kappa shape index (κ3) is 6.21. The number of sulfonamides is 1. The van der Waals surface area contributed by atoms with Crippen molar-refractivity contribution < 1.29 is 22.3 Å². The maximum Gasteiger partial charge on any atom is 0.246 e. The van der Waals surface area contributed by atoms with Crippen LogP contribution in [0, 0.1) is 0 Å². The molecule has 3 rings (SSSR count). The number of anilines is 1. The summed E-state index contributed by atoms with van der Waals surface area (Å²) >= 11 is 4.94. The highest BCUT2D eigenvalue weighted by Gasteiger charge is 2.32. The highest BCUT2D eigenvalue weighted by molar-refractivity contribution is 7.92. The number of hydrogen-bond donors (Lipinski definition) is 1. The zero-order valence-corrected chi connectivity index (χ0v) is 23.1. The molecule has 13 heteroatoms. The number of thiocarbonyl (C=S) groups is 1. The minimum Gasteiger partial charge on any atom is -0.494 e. The van der Waals surface area contributed by atoms with Crippen molar-refractivity contribution >= 4 is 41.3 Å². The van der Waals surface area contributed by atoms with Crippen LogP contribution in [0.3, 0.4) is 0 Å². The molecule has 3 aromatic rings. The van der Waals surface area contributed by atoms with Crippen LogP contribution in [0.1, 0.15) is 6.42 Å². The van der Waals surface area contributed by atoms with Crippen LogP contribution in [0.25, 0.3) is 17.3 Å². The van der Waals surface area contributed by atoms with Gasteiger partial charge in [0.2, 0.25) is 21.8 Å². The monoisotopic (exact) mass is 537 g/mol. The van der Waals surface area contributed by atoms with Crippen LogP contribution in [0.5, 0.6) is 11.5 Å². The van der Waals surface area contributed by atoms with Crippen LogP contribution in [0.4, 0.5) is 5.95 Å². The van der Waals surface area contributed by atoms with Gasteiger partial charge in [-0.3, -0.25) is 4.57 Å². The van der Waals surface area contributed by atoms with Gasteiger partial charge in [-0.1, -0.05) is 18.3 Å². The highest BCUT2D eigenvalue weighted by atomic mass is 32.2. The van der Waals surface area contributed by atoms with Gasteiger partial charge in [-0.25, -0.2) is 12.7 Å². The van der Waals surface area contributed by atoms with Crippen LogP contribution < -0.4 is 19.5 Å². The molecule has 2 N–H and O–H groups in total. The highest BCUT2D eigenvalue weighted by Crippen LogP contribution is 2.39. The van der Waals surface area contributed by atoms with E-state index in [9.17, 15) is 8.42 Å².